The summed E-state index contributed by atoms with van der Waals surface area (Å²) >= 11 is 0. The predicted octanol–water partition coefficient (Wildman–Crippen LogP) is 2.00. The number of hydrogen-bond donors (Lipinski definition) is 1. The Hall–Kier alpha value is -1.29. The molecule has 1 amide bonds. The Bertz CT molecular complexity index is 460. The Morgan fingerprint density at radius 2 is 2.16 bits per heavy atom. The van der Waals surface area contributed by atoms with E-state index in [-0.39, 0.29) is 11.9 Å². The van der Waals surface area contributed by atoms with Gasteiger partial charge in [-0.3, -0.25) is 4.79 Å². The van der Waals surface area contributed by atoms with Gasteiger partial charge in [0.25, 0.3) is 0 Å². The van der Waals surface area contributed by atoms with E-state index in [9.17, 15) is 4.79 Å². The van der Waals surface area contributed by atoms with Gasteiger partial charge in [-0.1, -0.05) is 0 Å². The summed E-state index contributed by atoms with van der Waals surface area (Å²) in [5, 5.41) is 0. The summed E-state index contributed by atoms with van der Waals surface area (Å²) in [4.78, 5) is 14.1. The second-order valence-corrected chi connectivity index (χ2v) is 5.34. The maximum Gasteiger partial charge on any atom is 0.242 e. The minimum atomic E-state index is 0.146. The number of carbonyl (C=O) groups excluding carboxylic acids is 1. The fourth-order valence-corrected chi connectivity index (χ4v) is 3.03. The van der Waals surface area contributed by atoms with E-state index in [1.54, 1.807) is 0 Å². The van der Waals surface area contributed by atoms with Gasteiger partial charge in [-0.2, -0.15) is 0 Å². The van der Waals surface area contributed by atoms with Crippen molar-refractivity contribution in [2.45, 2.75) is 52.6 Å². The van der Waals surface area contributed by atoms with Crippen molar-refractivity contribution in [2.24, 2.45) is 5.73 Å². The maximum absolute atomic E-state index is 12.3. The summed E-state index contributed by atoms with van der Waals surface area (Å²) < 4.78 is 2.16. The highest BCUT2D eigenvalue weighted by molar-refractivity contribution is 5.76. The summed E-state index contributed by atoms with van der Waals surface area (Å²) in [6, 6.07) is 2.31. The first-order valence-corrected chi connectivity index (χ1v) is 7.30. The van der Waals surface area contributed by atoms with Crippen molar-refractivity contribution >= 4 is 5.91 Å². The fraction of sp³-hybridized carbons (Fsp3) is 0.667. The minimum absolute atomic E-state index is 0.146. The summed E-state index contributed by atoms with van der Waals surface area (Å²) in [5.41, 5.74) is 9.84. The lowest BCUT2D eigenvalue weighted by molar-refractivity contribution is -0.131. The zero-order valence-corrected chi connectivity index (χ0v) is 12.3. The van der Waals surface area contributed by atoms with E-state index in [0.717, 1.165) is 38.0 Å². The molecule has 0 aliphatic heterocycles. The topological polar surface area (TPSA) is 51.3 Å². The molecule has 0 radical (unpaired) electrons. The van der Waals surface area contributed by atoms with Crippen LogP contribution in [0.1, 0.15) is 49.7 Å². The van der Waals surface area contributed by atoms with Crippen LogP contribution in [0.5, 0.6) is 0 Å². The van der Waals surface area contributed by atoms with Crippen LogP contribution < -0.4 is 5.73 Å². The van der Waals surface area contributed by atoms with Gasteiger partial charge in [0.2, 0.25) is 5.91 Å². The molecule has 0 saturated heterocycles. The van der Waals surface area contributed by atoms with Gasteiger partial charge in [-0.05, 0) is 51.7 Å². The van der Waals surface area contributed by atoms with Crippen LogP contribution in [0, 0.1) is 6.92 Å². The van der Waals surface area contributed by atoms with Crippen LogP contribution in [0.2, 0.25) is 0 Å². The van der Waals surface area contributed by atoms with Crippen molar-refractivity contribution < 1.29 is 4.79 Å². The molecule has 0 saturated carbocycles. The molecular weight excluding hydrogens is 238 g/mol. The molecule has 0 spiro atoms. The first kappa shape index (κ1) is 14.1. The van der Waals surface area contributed by atoms with Crippen LogP contribution in [0.25, 0.3) is 0 Å². The van der Waals surface area contributed by atoms with Crippen molar-refractivity contribution in [3.63, 3.8) is 0 Å². The molecule has 0 fully saturated rings. The number of fused-ring (bicyclic) bond motifs is 1. The SMILES string of the molecule is CCN(CC)C(=O)Cn1c(C)cc2c1CCCC2N. The smallest absolute Gasteiger partial charge is 0.242 e. The maximum atomic E-state index is 12.3. The second kappa shape index (κ2) is 5.78. The van der Waals surface area contributed by atoms with Gasteiger partial charge < -0.3 is 15.2 Å². The van der Waals surface area contributed by atoms with Gasteiger partial charge in [0.05, 0.1) is 0 Å². The van der Waals surface area contributed by atoms with E-state index in [2.05, 4.69) is 17.6 Å². The molecule has 1 aromatic rings. The number of carbonyl (C=O) groups is 1. The van der Waals surface area contributed by atoms with E-state index in [4.69, 9.17) is 5.73 Å². The summed E-state index contributed by atoms with van der Waals surface area (Å²) in [7, 11) is 0. The van der Waals surface area contributed by atoms with Gasteiger partial charge in [-0.15, -0.1) is 0 Å². The highest BCUT2D eigenvalue weighted by Crippen LogP contribution is 2.30. The molecule has 1 aliphatic rings. The molecule has 2 rings (SSSR count). The lowest BCUT2D eigenvalue weighted by Gasteiger charge is -2.23. The Morgan fingerprint density at radius 1 is 1.47 bits per heavy atom. The molecule has 0 aromatic carbocycles. The second-order valence-electron chi connectivity index (χ2n) is 5.34. The molecule has 0 bridgehead atoms. The highest BCUT2D eigenvalue weighted by Gasteiger charge is 2.23. The number of amides is 1. The molecule has 1 heterocycles. The number of rotatable bonds is 4. The molecule has 4 heteroatoms. The van der Waals surface area contributed by atoms with Crippen molar-refractivity contribution in [3.05, 3.63) is 23.0 Å². The van der Waals surface area contributed by atoms with Crippen molar-refractivity contribution in [1.29, 1.82) is 0 Å². The number of likely N-dealkylation sites (N-methyl/N-ethyl adjacent to an activating group) is 1. The van der Waals surface area contributed by atoms with E-state index < -0.39 is 0 Å². The molecule has 1 aromatic heterocycles. The Labute approximate surface area is 115 Å². The monoisotopic (exact) mass is 263 g/mol. The Kier molecular flexibility index (Phi) is 4.30. The standard InChI is InChI=1S/C15H25N3O/c1-4-17(5-2)15(19)10-18-11(3)9-12-13(16)7-6-8-14(12)18/h9,13H,4-8,10,16H2,1-3H3. The van der Waals surface area contributed by atoms with Crippen molar-refractivity contribution in [3.8, 4) is 0 Å². The minimum Gasteiger partial charge on any atom is -0.342 e. The van der Waals surface area contributed by atoms with Gasteiger partial charge in [-0.25, -0.2) is 0 Å². The summed E-state index contributed by atoms with van der Waals surface area (Å²) in [6.45, 7) is 8.12. The zero-order valence-electron chi connectivity index (χ0n) is 12.3. The van der Waals surface area contributed by atoms with Crippen LogP contribution in [0.15, 0.2) is 6.07 Å². The summed E-state index contributed by atoms with van der Waals surface area (Å²) in [6.07, 6.45) is 3.22. The van der Waals surface area contributed by atoms with Crippen LogP contribution in [-0.4, -0.2) is 28.5 Å². The highest BCUT2D eigenvalue weighted by atomic mass is 16.2. The van der Waals surface area contributed by atoms with Crippen LogP contribution in [-0.2, 0) is 17.8 Å². The first-order chi connectivity index (χ1) is 9.08. The van der Waals surface area contributed by atoms with Crippen LogP contribution in [0.4, 0.5) is 0 Å². The molecule has 19 heavy (non-hydrogen) atoms. The van der Waals surface area contributed by atoms with Crippen LogP contribution in [0.3, 0.4) is 0 Å². The average Bonchev–Trinajstić information content (AvgIpc) is 2.70. The van der Waals surface area contributed by atoms with Gasteiger partial charge in [0, 0.05) is 30.5 Å². The third kappa shape index (κ3) is 2.68. The van der Waals surface area contributed by atoms with Gasteiger partial charge in [0.15, 0.2) is 0 Å². The lowest BCUT2D eigenvalue weighted by atomic mass is 9.93. The van der Waals surface area contributed by atoms with E-state index in [1.165, 1.54) is 11.3 Å². The third-order valence-electron chi connectivity index (χ3n) is 4.19. The molecule has 1 unspecified atom stereocenters. The normalized spacial score (nSPS) is 18.2. The Balaban J connectivity index is 2.24. The molecule has 4 nitrogen and oxygen atoms in total. The molecule has 2 N–H and O–H groups in total. The van der Waals surface area contributed by atoms with Gasteiger partial charge in [0.1, 0.15) is 6.54 Å². The zero-order chi connectivity index (χ0) is 14.0. The first-order valence-electron chi connectivity index (χ1n) is 7.30. The summed E-state index contributed by atoms with van der Waals surface area (Å²) in [5.74, 6) is 0.200. The van der Waals surface area contributed by atoms with E-state index in [1.807, 2.05) is 18.7 Å². The fourth-order valence-electron chi connectivity index (χ4n) is 3.03. The van der Waals surface area contributed by atoms with Crippen LogP contribution >= 0.6 is 0 Å². The number of nitrogens with zero attached hydrogens (tertiary/aromatic N) is 2. The average molecular weight is 263 g/mol. The molecule has 1 atom stereocenters. The van der Waals surface area contributed by atoms with Crippen molar-refractivity contribution in [2.75, 3.05) is 13.1 Å². The van der Waals surface area contributed by atoms with E-state index in [0.29, 0.717) is 6.54 Å². The van der Waals surface area contributed by atoms with Crippen molar-refractivity contribution in [1.82, 2.24) is 9.47 Å². The Morgan fingerprint density at radius 3 is 2.79 bits per heavy atom. The number of aromatic nitrogens is 1. The number of aryl methyl sites for hydroxylation is 1. The number of hydrogen-bond acceptors (Lipinski definition) is 2. The molecule has 106 valence electrons. The lowest BCUT2D eigenvalue weighted by Crippen LogP contribution is -2.34. The third-order valence-corrected chi connectivity index (χ3v) is 4.19. The van der Waals surface area contributed by atoms with E-state index >= 15 is 0 Å². The quantitative estimate of drug-likeness (QED) is 0.903. The predicted molar refractivity (Wildman–Crippen MR) is 77.0 cm³/mol. The molecule has 1 aliphatic carbocycles. The number of nitrogens with two attached hydrogens (primary N) is 1. The van der Waals surface area contributed by atoms with Gasteiger partial charge >= 0.3 is 0 Å². The largest absolute Gasteiger partial charge is 0.342 e. The molecular formula is C15H25N3O.